The van der Waals surface area contributed by atoms with Crippen molar-refractivity contribution >= 4 is 0 Å². The smallest absolute Gasteiger partial charge is 0.124 e. The largest absolute Gasteiger partial charge is 0.490 e. The second kappa shape index (κ2) is 9.24. The number of nitrogens with two attached hydrogens (primary N) is 1. The lowest BCUT2D eigenvalue weighted by Crippen LogP contribution is -2.23. The van der Waals surface area contributed by atoms with Gasteiger partial charge in [-0.05, 0) is 37.1 Å². The Hall–Kier alpha value is -1.81. The number of hydrogen-bond acceptors (Lipinski definition) is 3. The molecule has 0 fully saturated rings. The molecule has 18 heavy (non-hydrogen) atoms. The molecule has 0 bridgehead atoms. The summed E-state index contributed by atoms with van der Waals surface area (Å²) in [5.74, 6) is 5.61. The fraction of sp³-hybridized carbons (Fsp3) is 0.286. The average molecular weight is 252 g/mol. The predicted molar refractivity (Wildman–Crippen MR) is 73.9 cm³/mol. The van der Waals surface area contributed by atoms with Gasteiger partial charge in [-0.3, -0.25) is 5.84 Å². The first-order valence-corrected chi connectivity index (χ1v) is 5.71. The molecule has 0 aliphatic rings. The lowest BCUT2D eigenvalue weighted by Gasteiger charge is -2.09. The molecule has 3 nitrogen and oxygen atoms in total. The summed E-state index contributed by atoms with van der Waals surface area (Å²) in [7, 11) is 0. The van der Waals surface area contributed by atoms with Crippen molar-refractivity contribution in [2.24, 2.45) is 5.84 Å². The Bertz CT molecular complexity index is 381. The molecule has 100 valence electrons. The minimum absolute atomic E-state index is 0.281. The van der Waals surface area contributed by atoms with Crippen molar-refractivity contribution in [3.63, 3.8) is 0 Å². The van der Waals surface area contributed by atoms with Crippen molar-refractivity contribution in [3.05, 3.63) is 60.3 Å². The molecule has 0 saturated heterocycles. The highest BCUT2D eigenvalue weighted by molar-refractivity contribution is 5.29. The van der Waals surface area contributed by atoms with E-state index in [-0.39, 0.29) is 5.83 Å². The van der Waals surface area contributed by atoms with Crippen molar-refractivity contribution in [1.29, 1.82) is 0 Å². The van der Waals surface area contributed by atoms with Gasteiger partial charge in [-0.1, -0.05) is 26.2 Å². The lowest BCUT2D eigenvalue weighted by atomic mass is 10.2. The fourth-order valence-electron chi connectivity index (χ4n) is 1.24. The van der Waals surface area contributed by atoms with Crippen LogP contribution < -0.4 is 11.3 Å². The summed E-state index contributed by atoms with van der Waals surface area (Å²) in [4.78, 5) is 0. The third kappa shape index (κ3) is 5.50. The van der Waals surface area contributed by atoms with E-state index < -0.39 is 0 Å². The van der Waals surface area contributed by atoms with E-state index in [9.17, 15) is 4.39 Å². The van der Waals surface area contributed by atoms with Crippen LogP contribution in [0.2, 0.25) is 0 Å². The van der Waals surface area contributed by atoms with Gasteiger partial charge in [0.1, 0.15) is 18.2 Å². The van der Waals surface area contributed by atoms with E-state index in [1.807, 2.05) is 0 Å². The molecule has 0 aromatic carbocycles. The molecule has 3 N–H and O–H groups in total. The van der Waals surface area contributed by atoms with E-state index in [2.05, 4.69) is 18.6 Å². The van der Waals surface area contributed by atoms with E-state index in [0.29, 0.717) is 30.1 Å². The van der Waals surface area contributed by atoms with Crippen LogP contribution in [0.3, 0.4) is 0 Å². The molecule has 0 amide bonds. The van der Waals surface area contributed by atoms with E-state index in [4.69, 9.17) is 10.6 Å². The molecule has 0 aliphatic heterocycles. The summed E-state index contributed by atoms with van der Waals surface area (Å²) >= 11 is 0. The van der Waals surface area contributed by atoms with Gasteiger partial charge in [-0.15, -0.1) is 0 Å². The van der Waals surface area contributed by atoms with E-state index in [1.54, 1.807) is 38.2 Å². The Labute approximate surface area is 108 Å². The zero-order valence-electron chi connectivity index (χ0n) is 11.0. The quantitative estimate of drug-likeness (QED) is 0.302. The van der Waals surface area contributed by atoms with Crippen molar-refractivity contribution < 1.29 is 9.13 Å². The van der Waals surface area contributed by atoms with Crippen LogP contribution in [0.1, 0.15) is 20.3 Å². The molecule has 0 aromatic rings. The van der Waals surface area contributed by atoms with E-state index >= 15 is 0 Å². The van der Waals surface area contributed by atoms with Crippen LogP contribution in [0.5, 0.6) is 0 Å². The average Bonchev–Trinajstić information content (AvgIpc) is 2.38. The number of rotatable bonds is 8. The van der Waals surface area contributed by atoms with Crippen molar-refractivity contribution in [3.8, 4) is 0 Å². The van der Waals surface area contributed by atoms with Gasteiger partial charge >= 0.3 is 0 Å². The third-order valence-electron chi connectivity index (χ3n) is 2.24. The minimum Gasteiger partial charge on any atom is -0.490 e. The van der Waals surface area contributed by atoms with Gasteiger partial charge in [-0.2, -0.15) is 0 Å². The first-order valence-electron chi connectivity index (χ1n) is 5.71. The normalized spacial score (nSPS) is 13.8. The van der Waals surface area contributed by atoms with Gasteiger partial charge in [0.25, 0.3) is 0 Å². The number of ether oxygens (including phenoxy) is 1. The third-order valence-corrected chi connectivity index (χ3v) is 2.24. The maximum atomic E-state index is 13.4. The van der Waals surface area contributed by atoms with Crippen LogP contribution in [0.4, 0.5) is 4.39 Å². The summed E-state index contributed by atoms with van der Waals surface area (Å²) < 4.78 is 18.8. The highest BCUT2D eigenvalue weighted by Gasteiger charge is 2.05. The fourth-order valence-corrected chi connectivity index (χ4v) is 1.24. The van der Waals surface area contributed by atoms with Gasteiger partial charge in [0.2, 0.25) is 0 Å². The number of halogens is 1. The summed E-state index contributed by atoms with van der Waals surface area (Å²) in [6, 6.07) is 0. The van der Waals surface area contributed by atoms with Crippen molar-refractivity contribution in [1.82, 2.24) is 5.43 Å². The Balaban J connectivity index is 4.66. The zero-order chi connectivity index (χ0) is 14.0. The summed E-state index contributed by atoms with van der Waals surface area (Å²) in [5.41, 5.74) is 3.35. The van der Waals surface area contributed by atoms with Crippen LogP contribution in [0, 0.1) is 0 Å². The first kappa shape index (κ1) is 16.2. The SMILES string of the molecule is C=C/C=C(\C=C)OC/C=C(C)\C(NN)=C(\F)CC. The molecule has 0 aromatic heterocycles. The van der Waals surface area contributed by atoms with Gasteiger partial charge in [-0.25, -0.2) is 4.39 Å². The summed E-state index contributed by atoms with van der Waals surface area (Å²) in [6.07, 6.45) is 6.91. The van der Waals surface area contributed by atoms with E-state index in [1.165, 1.54) is 0 Å². The van der Waals surface area contributed by atoms with Crippen LogP contribution in [-0.2, 0) is 4.74 Å². The predicted octanol–water partition coefficient (Wildman–Crippen LogP) is 3.26. The molecule has 0 radical (unpaired) electrons. The first-order chi connectivity index (χ1) is 8.60. The van der Waals surface area contributed by atoms with E-state index in [0.717, 1.165) is 0 Å². The highest BCUT2D eigenvalue weighted by atomic mass is 19.1. The number of nitrogens with one attached hydrogen (secondary N) is 1. The number of allylic oxidation sites excluding steroid dienone is 5. The number of hydrogen-bond donors (Lipinski definition) is 2. The maximum Gasteiger partial charge on any atom is 0.124 e. The molecular formula is C14H21FN2O. The standard InChI is InChI=1S/C14H21FN2O/c1-5-8-12(6-2)18-10-9-11(4)14(17-16)13(15)7-3/h5-6,8-9,17H,1-2,7,10,16H2,3-4H3/b11-9-,12-8+,14-13-. The van der Waals surface area contributed by atoms with Gasteiger partial charge in [0.15, 0.2) is 0 Å². The highest BCUT2D eigenvalue weighted by Crippen LogP contribution is 2.15. The van der Waals surface area contributed by atoms with Crippen LogP contribution >= 0.6 is 0 Å². The molecular weight excluding hydrogens is 231 g/mol. The molecule has 0 aliphatic carbocycles. The van der Waals surface area contributed by atoms with Gasteiger partial charge in [0.05, 0.1) is 5.70 Å². The molecule has 4 heteroatoms. The second-order valence-electron chi connectivity index (χ2n) is 3.48. The molecule has 0 heterocycles. The van der Waals surface area contributed by atoms with Crippen LogP contribution in [0.15, 0.2) is 60.3 Å². The molecule has 0 rings (SSSR count). The van der Waals surface area contributed by atoms with Crippen LogP contribution in [0.25, 0.3) is 0 Å². The second-order valence-corrected chi connectivity index (χ2v) is 3.48. The van der Waals surface area contributed by atoms with Gasteiger partial charge < -0.3 is 10.2 Å². The summed E-state index contributed by atoms with van der Waals surface area (Å²) in [6.45, 7) is 11.0. The Morgan fingerprint density at radius 1 is 1.44 bits per heavy atom. The molecule has 0 unspecified atom stereocenters. The minimum atomic E-state index is -0.281. The molecule has 0 saturated carbocycles. The Morgan fingerprint density at radius 2 is 2.11 bits per heavy atom. The Morgan fingerprint density at radius 3 is 2.56 bits per heavy atom. The Kier molecular flexibility index (Phi) is 8.31. The monoisotopic (exact) mass is 252 g/mol. The maximum absolute atomic E-state index is 13.4. The molecule has 0 atom stereocenters. The zero-order valence-corrected chi connectivity index (χ0v) is 11.0. The molecule has 0 spiro atoms. The number of hydrazine groups is 1. The van der Waals surface area contributed by atoms with Crippen molar-refractivity contribution in [2.45, 2.75) is 20.3 Å². The van der Waals surface area contributed by atoms with Gasteiger partial charge in [0, 0.05) is 0 Å². The van der Waals surface area contributed by atoms with Crippen molar-refractivity contribution in [2.75, 3.05) is 6.61 Å². The lowest BCUT2D eigenvalue weighted by molar-refractivity contribution is 0.261. The van der Waals surface area contributed by atoms with Crippen LogP contribution in [-0.4, -0.2) is 6.61 Å². The topological polar surface area (TPSA) is 47.3 Å². The summed E-state index contributed by atoms with van der Waals surface area (Å²) in [5, 5.41) is 0.